The zero-order chi connectivity index (χ0) is 67.9. The van der Waals surface area contributed by atoms with Crippen molar-refractivity contribution < 1.29 is 18.6 Å². The maximum absolute atomic E-state index is 14.9. The van der Waals surface area contributed by atoms with Gasteiger partial charge in [0.25, 0.3) is 0 Å². The summed E-state index contributed by atoms with van der Waals surface area (Å²) in [6, 6.07) is 111. The van der Waals surface area contributed by atoms with Gasteiger partial charge in [-0.3, -0.25) is 8.80 Å². The molecule has 4 aromatic heterocycles. The minimum atomic E-state index is -3.04. The van der Waals surface area contributed by atoms with Crippen molar-refractivity contribution in [2.75, 3.05) is 0 Å². The maximum atomic E-state index is 14.9. The van der Waals surface area contributed by atoms with Crippen LogP contribution in [0.5, 0.6) is 0 Å². The van der Waals surface area contributed by atoms with Gasteiger partial charge in [0.15, 0.2) is 20.6 Å². The topological polar surface area (TPSA) is 87.2 Å². The van der Waals surface area contributed by atoms with Crippen LogP contribution in [0.25, 0.3) is 109 Å². The molecule has 18 aromatic rings. The third-order valence-electron chi connectivity index (χ3n) is 20.2. The Bertz CT molecular complexity index is 6240. The van der Waals surface area contributed by atoms with E-state index in [0.29, 0.717) is 0 Å². The van der Waals surface area contributed by atoms with Crippen molar-refractivity contribution in [3.05, 3.63) is 338 Å². The zero-order valence-electron chi connectivity index (χ0n) is 55.4. The summed E-state index contributed by atoms with van der Waals surface area (Å²) in [5.41, 5.74) is 11.0. The minimum Gasteiger partial charge on any atom is -0.339 e. The lowest BCUT2D eigenvalue weighted by atomic mass is 9.90. The first-order valence-electron chi connectivity index (χ1n) is 33.7. The predicted octanol–water partition coefficient (Wildman–Crippen LogP) is 20.9. The van der Waals surface area contributed by atoms with E-state index in [4.69, 9.17) is 19.4 Å². The molecule has 0 N–H and O–H groups in total. The van der Waals surface area contributed by atoms with Crippen molar-refractivity contribution in [2.45, 2.75) is 45.2 Å². The molecule has 1 saturated heterocycles. The Labute approximate surface area is 587 Å². The Morgan fingerprint density at radius 1 is 0.320 bits per heavy atom. The molecule has 0 radical (unpaired) electrons. The number of ether oxygens (including phenoxy) is 2. The largest absolute Gasteiger partial charge is 0.339 e. The van der Waals surface area contributed by atoms with Gasteiger partial charge in [0.1, 0.15) is 11.3 Å². The molecule has 100 heavy (non-hydrogen) atoms. The summed E-state index contributed by atoms with van der Waals surface area (Å²) >= 11 is 3.51. The van der Waals surface area contributed by atoms with Crippen LogP contribution < -0.4 is 31.8 Å². The van der Waals surface area contributed by atoms with Crippen LogP contribution in [0.4, 0.5) is 0 Å². The van der Waals surface area contributed by atoms with Gasteiger partial charge in [0.2, 0.25) is 0 Å². The third-order valence-corrected chi connectivity index (χ3v) is 26.8. The number of hydrogen-bond donors (Lipinski definition) is 0. The van der Waals surface area contributed by atoms with Crippen molar-refractivity contribution in [3.8, 4) is 11.1 Å². The lowest BCUT2D eigenvalue weighted by Gasteiger charge is -2.30. The molecule has 484 valence electrons. The quantitative estimate of drug-likeness (QED) is 0.111. The van der Waals surface area contributed by atoms with E-state index in [2.05, 4.69) is 222 Å². The van der Waals surface area contributed by atoms with Gasteiger partial charge in [-0.15, -0.1) is 0 Å². The normalized spacial score (nSPS) is 14.0. The lowest BCUT2D eigenvalue weighted by Crippen LogP contribution is -2.41. The summed E-state index contributed by atoms with van der Waals surface area (Å²) in [5, 5.41) is 16.6. The highest BCUT2D eigenvalue weighted by molar-refractivity contribution is 9.10. The molecular formula is C89H67BrN4O4P2. The van der Waals surface area contributed by atoms with Crippen LogP contribution >= 0.6 is 30.2 Å². The number of benzene rings is 14. The molecule has 1 fully saturated rings. The molecule has 19 rings (SSSR count). The number of para-hydroxylation sites is 4. The van der Waals surface area contributed by atoms with Gasteiger partial charge in [-0.05, 0) is 138 Å². The standard InChI is InChI=1S/C41H27N2OP.C26H24N2O2.C22H16BrOP/c44-45(32-11-3-1-4-12-32,33-13-5-2-6-14-33)34-23-21-29-25-28(19-20-30(29)26-34)31-22-24-36-35-15-7-8-16-37(35)41-42-38-17-9-10-18-39(38)43(41)40(36)27-31;1-25(2)26(3,4)30-24(29-25)16-13-14-18-17-9-5-6-10-19(17)23-27-20-11-7-8-12-21(20)28(23)22(18)15-16;23-19-13-11-18-16-22(14-12-17(18)15-19)25(24,20-7-3-1-4-8-20)21-9-5-2-6-10-21/h1-27H;5-15,24H,1-4H3;1-16H. The molecule has 0 amide bonds. The van der Waals surface area contributed by atoms with E-state index in [1.54, 1.807) is 0 Å². The second-order valence-corrected chi connectivity index (χ2v) is 33.1. The summed E-state index contributed by atoms with van der Waals surface area (Å²) in [4.78, 5) is 10.0. The van der Waals surface area contributed by atoms with E-state index in [9.17, 15) is 9.13 Å². The van der Waals surface area contributed by atoms with Gasteiger partial charge < -0.3 is 18.6 Å². The van der Waals surface area contributed by atoms with Crippen LogP contribution in [-0.2, 0) is 18.6 Å². The summed E-state index contributed by atoms with van der Waals surface area (Å²) in [6.07, 6.45) is -0.393. The first-order chi connectivity index (χ1) is 48.7. The van der Waals surface area contributed by atoms with Crippen LogP contribution in [0.2, 0.25) is 0 Å². The first kappa shape index (κ1) is 62.9. The minimum absolute atomic E-state index is 0.368. The zero-order valence-corrected chi connectivity index (χ0v) is 58.8. The number of halogens is 1. The summed E-state index contributed by atoms with van der Waals surface area (Å²) in [6.45, 7) is 8.35. The molecule has 0 unspecified atom stereocenters. The van der Waals surface area contributed by atoms with Gasteiger partial charge in [-0.25, -0.2) is 9.97 Å². The van der Waals surface area contributed by atoms with E-state index >= 15 is 0 Å². The molecule has 0 aliphatic carbocycles. The summed E-state index contributed by atoms with van der Waals surface area (Å²) < 4.78 is 47.5. The van der Waals surface area contributed by atoms with E-state index in [1.807, 2.05) is 158 Å². The fourth-order valence-corrected chi connectivity index (χ4v) is 20.1. The first-order valence-corrected chi connectivity index (χ1v) is 37.9. The van der Waals surface area contributed by atoms with Crippen molar-refractivity contribution in [3.63, 3.8) is 0 Å². The average molecular weight is 1400 g/mol. The van der Waals surface area contributed by atoms with Crippen LogP contribution in [0, 0.1) is 0 Å². The number of hydrogen-bond acceptors (Lipinski definition) is 6. The number of imidazole rings is 2. The molecule has 1 aliphatic rings. The molecule has 5 heterocycles. The van der Waals surface area contributed by atoms with E-state index in [0.717, 1.165) is 130 Å². The molecule has 1 aliphatic heterocycles. The highest BCUT2D eigenvalue weighted by Gasteiger charge is 2.49. The highest BCUT2D eigenvalue weighted by Crippen LogP contribution is 2.48. The van der Waals surface area contributed by atoms with Gasteiger partial charge in [0.05, 0.1) is 44.3 Å². The van der Waals surface area contributed by atoms with Crippen LogP contribution in [0.3, 0.4) is 0 Å². The number of rotatable bonds is 8. The van der Waals surface area contributed by atoms with E-state index < -0.39 is 20.6 Å². The fourth-order valence-electron chi connectivity index (χ4n) is 14.4. The smallest absolute Gasteiger partial charge is 0.185 e. The second kappa shape index (κ2) is 25.0. The Balaban J connectivity index is 0.000000118. The fraction of sp³-hybridized carbons (Fsp3) is 0.0787. The van der Waals surface area contributed by atoms with Crippen molar-refractivity contribution >= 4 is 160 Å². The average Bonchev–Trinajstić information content (AvgIpc) is 1.51. The van der Waals surface area contributed by atoms with Crippen LogP contribution in [0.1, 0.15) is 39.5 Å². The Morgan fingerprint density at radius 2 is 0.680 bits per heavy atom. The number of fused-ring (bicyclic) bond motifs is 18. The van der Waals surface area contributed by atoms with E-state index in [-0.39, 0.29) is 11.2 Å². The Kier molecular flexibility index (Phi) is 15.7. The molecule has 0 spiro atoms. The van der Waals surface area contributed by atoms with Gasteiger partial charge in [-0.1, -0.05) is 277 Å². The maximum Gasteiger partial charge on any atom is 0.185 e. The second-order valence-electron chi connectivity index (χ2n) is 26.7. The summed E-state index contributed by atoms with van der Waals surface area (Å²) in [5.74, 6) is 0. The lowest BCUT2D eigenvalue weighted by molar-refractivity contribution is -0.0895. The molecule has 0 atom stereocenters. The van der Waals surface area contributed by atoms with Crippen molar-refractivity contribution in [1.29, 1.82) is 0 Å². The Hall–Kier alpha value is -10.6. The predicted molar refractivity (Wildman–Crippen MR) is 422 cm³/mol. The van der Waals surface area contributed by atoms with Gasteiger partial charge >= 0.3 is 0 Å². The van der Waals surface area contributed by atoms with Gasteiger partial charge in [0, 0.05) is 63.4 Å². The molecule has 0 saturated carbocycles. The van der Waals surface area contributed by atoms with Crippen LogP contribution in [-0.4, -0.2) is 30.0 Å². The van der Waals surface area contributed by atoms with Crippen LogP contribution in [0.15, 0.2) is 332 Å². The molecule has 0 bridgehead atoms. The van der Waals surface area contributed by atoms with Gasteiger partial charge in [-0.2, -0.15) is 0 Å². The van der Waals surface area contributed by atoms with E-state index in [1.165, 1.54) is 21.5 Å². The molecule has 8 nitrogen and oxygen atoms in total. The Morgan fingerprint density at radius 3 is 1.16 bits per heavy atom. The number of aromatic nitrogens is 4. The molecule has 11 heteroatoms. The molecular weight excluding hydrogens is 1330 g/mol. The SMILES string of the molecule is CC1(C)OC(c2ccc3c4ccccc4c4nc5ccccc5n4c3c2)OC1(C)C.O=P(c1ccccc1)(c1ccccc1)c1ccc2cc(-c3ccc4c5ccccc5c5nc6ccccc6n5c4c3)ccc2c1.O=P(c1ccccc1)(c1ccccc1)c1ccc2cc(Br)ccc2c1. The number of pyridine rings is 2. The van der Waals surface area contributed by atoms with Crippen molar-refractivity contribution in [1.82, 2.24) is 18.8 Å². The monoisotopic (exact) mass is 1400 g/mol. The highest BCUT2D eigenvalue weighted by atomic mass is 79.9. The molecule has 14 aromatic carbocycles. The third kappa shape index (κ3) is 10.7. The number of nitrogens with zero attached hydrogens (tertiary/aromatic N) is 4. The van der Waals surface area contributed by atoms with Crippen molar-refractivity contribution in [2.24, 2.45) is 0 Å². The summed E-state index contributed by atoms with van der Waals surface area (Å²) in [7, 11) is -5.95.